The largest absolute Gasteiger partial charge is 0.463 e. The van der Waals surface area contributed by atoms with Crippen molar-refractivity contribution in [1.82, 2.24) is 4.90 Å². The normalized spacial score (nSPS) is 13.3. The molecular weight excluding hydrogens is 591 g/mol. The Bertz CT molecular complexity index is 1240. The van der Waals surface area contributed by atoms with E-state index in [0.717, 1.165) is 24.7 Å². The number of esters is 1. The minimum Gasteiger partial charge on any atom is -0.463 e. The molecule has 3 aromatic carbocycles. The van der Waals surface area contributed by atoms with Crippen LogP contribution in [0, 0.1) is 0 Å². The molecule has 0 aromatic heterocycles. The van der Waals surface area contributed by atoms with E-state index >= 15 is 0 Å². The first-order valence-corrected chi connectivity index (χ1v) is 21.1. The van der Waals surface area contributed by atoms with Gasteiger partial charge in [0.2, 0.25) is 0 Å². The van der Waals surface area contributed by atoms with Gasteiger partial charge in [0.05, 0.1) is 19.3 Å². The van der Waals surface area contributed by atoms with Crippen LogP contribution in [0.5, 0.6) is 0 Å². The van der Waals surface area contributed by atoms with E-state index in [1.165, 1.54) is 15.9 Å². The number of carbonyl (C=O) groups excluding carboxylic acids is 1. The van der Waals surface area contributed by atoms with Crippen molar-refractivity contribution >= 4 is 33.0 Å². The topological polar surface area (TPSA) is 48.0 Å². The lowest BCUT2D eigenvalue weighted by molar-refractivity contribution is -0.137. The highest BCUT2D eigenvalue weighted by molar-refractivity contribution is 6.99. The molecule has 244 valence electrons. The monoisotopic (exact) mass is 645 g/mol. The van der Waals surface area contributed by atoms with Gasteiger partial charge in [0.15, 0.2) is 8.32 Å². The number of hydrogen-bond acceptors (Lipinski definition) is 5. The quantitative estimate of drug-likeness (QED) is 0.0811. The highest BCUT2D eigenvalue weighted by atomic mass is 28.4. The van der Waals surface area contributed by atoms with Crippen LogP contribution >= 0.6 is 0 Å². The van der Waals surface area contributed by atoms with E-state index in [2.05, 4.69) is 131 Å². The van der Waals surface area contributed by atoms with Gasteiger partial charge in [-0.1, -0.05) is 139 Å². The Morgan fingerprint density at radius 2 is 1.29 bits per heavy atom. The van der Waals surface area contributed by atoms with Crippen LogP contribution in [0.25, 0.3) is 0 Å². The van der Waals surface area contributed by atoms with Gasteiger partial charge in [0, 0.05) is 25.8 Å². The van der Waals surface area contributed by atoms with Gasteiger partial charge >= 0.3 is 5.97 Å². The summed E-state index contributed by atoms with van der Waals surface area (Å²) in [6, 6.07) is 35.1. The van der Waals surface area contributed by atoms with Crippen LogP contribution < -0.4 is 10.4 Å². The molecule has 0 unspecified atom stereocenters. The Hall–Kier alpha value is -2.82. The first kappa shape index (κ1) is 36.6. The highest BCUT2D eigenvalue weighted by Gasteiger charge is 2.50. The summed E-state index contributed by atoms with van der Waals surface area (Å²) in [4.78, 5) is 15.0. The Morgan fingerprint density at radius 3 is 1.76 bits per heavy atom. The van der Waals surface area contributed by atoms with Crippen LogP contribution in [-0.4, -0.2) is 59.9 Å². The van der Waals surface area contributed by atoms with Crippen molar-refractivity contribution in [1.29, 1.82) is 0 Å². The van der Waals surface area contributed by atoms with E-state index in [1.807, 2.05) is 19.1 Å². The fraction of sp³-hybridized carbons (Fsp3) is 0.447. The Labute approximate surface area is 274 Å². The predicted octanol–water partition coefficient (Wildman–Crippen LogP) is 7.57. The molecule has 0 aliphatic rings. The zero-order valence-electron chi connectivity index (χ0n) is 28.6. The summed E-state index contributed by atoms with van der Waals surface area (Å²) in [7, 11) is -4.56. The number of benzene rings is 3. The zero-order chi connectivity index (χ0) is 32.8. The van der Waals surface area contributed by atoms with Gasteiger partial charge in [0.1, 0.15) is 0 Å². The molecule has 0 aliphatic heterocycles. The van der Waals surface area contributed by atoms with Crippen molar-refractivity contribution in [3.05, 3.63) is 109 Å². The fourth-order valence-corrected chi connectivity index (χ4v) is 13.5. The van der Waals surface area contributed by atoms with E-state index in [1.54, 1.807) is 6.08 Å². The second-order valence-corrected chi connectivity index (χ2v) is 21.8. The molecule has 0 saturated heterocycles. The molecular formula is C38H55NO4Si2. The SMILES string of the molecule is CCOC(=O)/C=C/[C@@H](CO[Si](c1ccccc1)(c1ccccc1)C(C)(C)C)N(CCO[Si](CC)(CC)CC)Cc1ccccc1. The summed E-state index contributed by atoms with van der Waals surface area (Å²) < 4.78 is 19.5. The van der Waals surface area contributed by atoms with E-state index in [4.69, 9.17) is 13.6 Å². The van der Waals surface area contributed by atoms with Gasteiger partial charge < -0.3 is 13.6 Å². The third-order valence-electron chi connectivity index (χ3n) is 9.05. The molecule has 45 heavy (non-hydrogen) atoms. The van der Waals surface area contributed by atoms with Crippen LogP contribution in [0.15, 0.2) is 103 Å². The molecule has 0 amide bonds. The van der Waals surface area contributed by atoms with Crippen molar-refractivity contribution in [2.75, 3.05) is 26.4 Å². The number of nitrogens with zero attached hydrogens (tertiary/aromatic N) is 1. The van der Waals surface area contributed by atoms with Crippen molar-refractivity contribution in [3.63, 3.8) is 0 Å². The lowest BCUT2D eigenvalue weighted by Gasteiger charge is -2.44. The molecule has 0 saturated carbocycles. The maximum atomic E-state index is 12.6. The third-order valence-corrected chi connectivity index (χ3v) is 18.7. The Kier molecular flexibility index (Phi) is 14.5. The first-order valence-electron chi connectivity index (χ1n) is 16.7. The first-order chi connectivity index (χ1) is 21.6. The molecule has 3 aromatic rings. The Morgan fingerprint density at radius 1 is 0.778 bits per heavy atom. The third kappa shape index (κ3) is 9.83. The average Bonchev–Trinajstić information content (AvgIpc) is 3.05. The van der Waals surface area contributed by atoms with Crippen LogP contribution in [-0.2, 0) is 24.9 Å². The van der Waals surface area contributed by atoms with Crippen molar-refractivity contribution in [3.8, 4) is 0 Å². The summed E-state index contributed by atoms with van der Waals surface area (Å²) in [6.07, 6.45) is 3.55. The highest BCUT2D eigenvalue weighted by Crippen LogP contribution is 2.37. The van der Waals surface area contributed by atoms with Gasteiger partial charge in [-0.15, -0.1) is 0 Å². The molecule has 0 aliphatic carbocycles. The molecule has 0 spiro atoms. The smallest absolute Gasteiger partial charge is 0.330 e. The molecule has 0 bridgehead atoms. The Balaban J connectivity index is 2.06. The molecule has 3 rings (SSSR count). The average molecular weight is 646 g/mol. The maximum absolute atomic E-state index is 12.6. The lowest BCUT2D eigenvalue weighted by atomic mass is 10.1. The van der Waals surface area contributed by atoms with Crippen molar-refractivity contribution in [2.45, 2.75) is 84.2 Å². The van der Waals surface area contributed by atoms with Crippen LogP contribution in [0.4, 0.5) is 0 Å². The number of carbonyl (C=O) groups is 1. The number of ether oxygens (including phenoxy) is 1. The predicted molar refractivity (Wildman–Crippen MR) is 193 cm³/mol. The molecule has 1 atom stereocenters. The summed E-state index contributed by atoms with van der Waals surface area (Å²) >= 11 is 0. The molecule has 7 heteroatoms. The van der Waals surface area contributed by atoms with Gasteiger partial charge in [0.25, 0.3) is 8.32 Å². The summed E-state index contributed by atoms with van der Waals surface area (Å²) in [5.41, 5.74) is 1.21. The fourth-order valence-electron chi connectivity index (χ4n) is 6.25. The molecule has 0 N–H and O–H groups in total. The molecule has 0 fully saturated rings. The summed E-state index contributed by atoms with van der Waals surface area (Å²) in [5.74, 6) is -0.335. The number of rotatable bonds is 18. The number of hydrogen-bond donors (Lipinski definition) is 0. The second-order valence-electron chi connectivity index (χ2n) is 12.7. The minimum atomic E-state index is -2.80. The van der Waals surface area contributed by atoms with Crippen LogP contribution in [0.2, 0.25) is 23.2 Å². The second kappa shape index (κ2) is 17.8. The van der Waals surface area contributed by atoms with E-state index in [9.17, 15) is 4.79 Å². The van der Waals surface area contributed by atoms with Gasteiger partial charge in [-0.3, -0.25) is 4.90 Å². The van der Waals surface area contributed by atoms with Gasteiger partial charge in [-0.2, -0.15) is 0 Å². The minimum absolute atomic E-state index is 0.160. The lowest BCUT2D eigenvalue weighted by Crippen LogP contribution is -2.67. The van der Waals surface area contributed by atoms with Crippen LogP contribution in [0.1, 0.15) is 54.0 Å². The molecule has 5 nitrogen and oxygen atoms in total. The van der Waals surface area contributed by atoms with Gasteiger partial charge in [-0.25, -0.2) is 4.79 Å². The zero-order valence-corrected chi connectivity index (χ0v) is 30.6. The van der Waals surface area contributed by atoms with Gasteiger partial charge in [-0.05, 0) is 46.0 Å². The van der Waals surface area contributed by atoms with E-state index in [0.29, 0.717) is 26.4 Å². The van der Waals surface area contributed by atoms with E-state index in [-0.39, 0.29) is 17.0 Å². The molecule has 0 radical (unpaired) electrons. The van der Waals surface area contributed by atoms with E-state index < -0.39 is 16.6 Å². The molecule has 0 heterocycles. The summed E-state index contributed by atoms with van der Waals surface area (Å²) in [6.45, 7) is 18.4. The van der Waals surface area contributed by atoms with Crippen molar-refractivity contribution in [2.24, 2.45) is 0 Å². The standard InChI is InChI=1S/C38H55NO4Si2/c1-8-41-37(40)28-27-34(39(31-33-21-15-12-16-22-33)29-30-42-44(9-2,10-3)11-4)32-43-45(38(5,6)7,35-23-17-13-18-24-35)36-25-19-14-20-26-36/h12-28,34H,8-11,29-32H2,1-7H3/b28-27+/t34-/m0/s1. The maximum Gasteiger partial charge on any atom is 0.330 e. The van der Waals surface area contributed by atoms with Crippen molar-refractivity contribution < 1.29 is 18.4 Å². The summed E-state index contributed by atoms with van der Waals surface area (Å²) in [5, 5.41) is 2.31. The van der Waals surface area contributed by atoms with Crippen LogP contribution in [0.3, 0.4) is 0 Å².